The monoisotopic (exact) mass is 748 g/mol. The molecule has 0 heterocycles. The predicted octanol–water partition coefficient (Wildman–Crippen LogP) is 14.4. The van der Waals surface area contributed by atoms with Gasteiger partial charge in [0, 0.05) is 35.5 Å². The fourth-order valence-corrected chi connectivity index (χ4v) is 9.52. The molecule has 282 valence electrons. The molecule has 1 atom stereocenters. The van der Waals surface area contributed by atoms with Crippen molar-refractivity contribution in [3.63, 3.8) is 0 Å². The van der Waals surface area contributed by atoms with Crippen molar-refractivity contribution in [3.05, 3.63) is 231 Å². The Morgan fingerprint density at radius 1 is 0.328 bits per heavy atom. The molecule has 2 nitrogen and oxygen atoms in total. The number of benzene rings is 8. The van der Waals surface area contributed by atoms with Gasteiger partial charge in [-0.3, -0.25) is 0 Å². The summed E-state index contributed by atoms with van der Waals surface area (Å²) in [7, 11) is 2.20. The molecule has 0 fully saturated rings. The van der Waals surface area contributed by atoms with Crippen molar-refractivity contribution in [1.82, 2.24) is 0 Å². The number of nitrogens with zero attached hydrogens (tertiary/aromatic N) is 2. The lowest BCUT2D eigenvalue weighted by Crippen LogP contribution is -2.27. The van der Waals surface area contributed by atoms with E-state index in [-0.39, 0.29) is 0 Å². The van der Waals surface area contributed by atoms with E-state index in [1.54, 1.807) is 0 Å². The molecule has 2 aliphatic rings. The second-order valence-electron chi connectivity index (χ2n) is 16.7. The van der Waals surface area contributed by atoms with Crippen molar-refractivity contribution in [1.29, 1.82) is 0 Å². The van der Waals surface area contributed by atoms with Crippen molar-refractivity contribution >= 4 is 28.4 Å². The van der Waals surface area contributed by atoms with Gasteiger partial charge in [-0.05, 0) is 157 Å². The number of rotatable bonds is 7. The Hall–Kier alpha value is -6.64. The lowest BCUT2D eigenvalue weighted by atomic mass is 9.70. The Kier molecular flexibility index (Phi) is 8.49. The van der Waals surface area contributed by atoms with Crippen LogP contribution in [0.1, 0.15) is 61.2 Å². The van der Waals surface area contributed by atoms with Gasteiger partial charge in [0.2, 0.25) is 0 Å². The Bertz CT molecular complexity index is 2800. The lowest BCUT2D eigenvalue weighted by Gasteiger charge is -2.33. The minimum atomic E-state index is -0.531. The summed E-state index contributed by atoms with van der Waals surface area (Å²) in [6.45, 7) is 10.9. The SMILES string of the molecule is Cc1ccc(Cc2ccc3c(c2)C2(c4cc(C)ccc4-3)c3cc(N(C)c4ccc(C)cc4)ccc3-c3ccc(N(c4ccc(C)cc4)c4ccc(C)cc4)cc32)cc1. The molecule has 2 heteroatoms. The first-order chi connectivity index (χ1) is 28.2. The Balaban J connectivity index is 1.25. The highest BCUT2D eigenvalue weighted by Crippen LogP contribution is 2.64. The average molecular weight is 749 g/mol. The van der Waals surface area contributed by atoms with Gasteiger partial charge < -0.3 is 9.80 Å². The van der Waals surface area contributed by atoms with Crippen molar-refractivity contribution in [2.75, 3.05) is 16.8 Å². The zero-order valence-electron chi connectivity index (χ0n) is 34.3. The zero-order chi connectivity index (χ0) is 39.7. The molecule has 1 spiro atoms. The molecule has 58 heavy (non-hydrogen) atoms. The topological polar surface area (TPSA) is 6.48 Å². The maximum atomic E-state index is 2.53. The highest BCUT2D eigenvalue weighted by molar-refractivity contribution is 5.97. The second-order valence-corrected chi connectivity index (χ2v) is 16.7. The van der Waals surface area contributed by atoms with Crippen LogP contribution in [-0.4, -0.2) is 7.05 Å². The summed E-state index contributed by atoms with van der Waals surface area (Å²) < 4.78 is 0. The number of aryl methyl sites for hydroxylation is 5. The van der Waals surface area contributed by atoms with Gasteiger partial charge in [-0.15, -0.1) is 0 Å². The molecule has 0 saturated carbocycles. The maximum Gasteiger partial charge on any atom is 0.0727 e. The van der Waals surface area contributed by atoms with Crippen molar-refractivity contribution in [3.8, 4) is 22.3 Å². The molecule has 0 aliphatic heterocycles. The molecule has 8 aromatic rings. The van der Waals surface area contributed by atoms with Crippen LogP contribution in [0.3, 0.4) is 0 Å². The molecule has 8 aromatic carbocycles. The van der Waals surface area contributed by atoms with E-state index in [2.05, 4.69) is 221 Å². The summed E-state index contributed by atoms with van der Waals surface area (Å²) in [6.07, 6.45) is 0.879. The van der Waals surface area contributed by atoms with E-state index in [1.807, 2.05) is 0 Å². The van der Waals surface area contributed by atoms with Crippen LogP contribution in [0.4, 0.5) is 28.4 Å². The van der Waals surface area contributed by atoms with Gasteiger partial charge in [-0.25, -0.2) is 0 Å². The van der Waals surface area contributed by atoms with Gasteiger partial charge in [0.05, 0.1) is 5.41 Å². The van der Waals surface area contributed by atoms with Crippen LogP contribution in [0.2, 0.25) is 0 Å². The fourth-order valence-electron chi connectivity index (χ4n) is 9.52. The quantitative estimate of drug-likeness (QED) is 0.160. The maximum absolute atomic E-state index is 2.53. The summed E-state index contributed by atoms with van der Waals surface area (Å²) >= 11 is 0. The molecule has 0 amide bonds. The normalized spacial score (nSPS) is 14.5. The van der Waals surface area contributed by atoms with E-state index in [0.717, 1.165) is 23.5 Å². The molecule has 0 saturated heterocycles. The molecule has 0 radical (unpaired) electrons. The molecular formula is C56H48N2. The first kappa shape index (κ1) is 35.8. The van der Waals surface area contributed by atoms with Gasteiger partial charge in [-0.1, -0.05) is 137 Å². The van der Waals surface area contributed by atoms with Gasteiger partial charge in [0.25, 0.3) is 0 Å². The smallest absolute Gasteiger partial charge is 0.0727 e. The first-order valence-electron chi connectivity index (χ1n) is 20.5. The van der Waals surface area contributed by atoms with Crippen LogP contribution in [0.15, 0.2) is 170 Å². The van der Waals surface area contributed by atoms with Gasteiger partial charge in [-0.2, -0.15) is 0 Å². The van der Waals surface area contributed by atoms with Crippen LogP contribution >= 0.6 is 0 Å². The molecule has 1 unspecified atom stereocenters. The highest BCUT2D eigenvalue weighted by atomic mass is 15.1. The molecule has 10 rings (SSSR count). The Morgan fingerprint density at radius 2 is 0.690 bits per heavy atom. The van der Waals surface area contributed by atoms with E-state index in [0.29, 0.717) is 0 Å². The predicted molar refractivity (Wildman–Crippen MR) is 245 cm³/mol. The van der Waals surface area contributed by atoms with Crippen LogP contribution in [0, 0.1) is 34.6 Å². The van der Waals surface area contributed by atoms with Crippen LogP contribution in [0.5, 0.6) is 0 Å². The minimum absolute atomic E-state index is 0.531. The average Bonchev–Trinajstić information content (AvgIpc) is 3.68. The van der Waals surface area contributed by atoms with Crippen molar-refractivity contribution < 1.29 is 0 Å². The van der Waals surface area contributed by atoms with Gasteiger partial charge >= 0.3 is 0 Å². The first-order valence-corrected chi connectivity index (χ1v) is 20.5. The summed E-state index contributed by atoms with van der Waals surface area (Å²) in [4.78, 5) is 4.76. The molecule has 0 aromatic heterocycles. The summed E-state index contributed by atoms with van der Waals surface area (Å²) in [6, 6.07) is 64.5. The van der Waals surface area contributed by atoms with Crippen LogP contribution in [0.25, 0.3) is 22.3 Å². The largest absolute Gasteiger partial charge is 0.345 e. The summed E-state index contributed by atoms with van der Waals surface area (Å²) in [5, 5.41) is 0. The third-order valence-electron chi connectivity index (χ3n) is 12.6. The minimum Gasteiger partial charge on any atom is -0.345 e. The van der Waals surface area contributed by atoms with Crippen LogP contribution in [-0.2, 0) is 11.8 Å². The lowest BCUT2D eigenvalue weighted by molar-refractivity contribution is 0.790. The number of hydrogen-bond acceptors (Lipinski definition) is 2. The third-order valence-corrected chi connectivity index (χ3v) is 12.6. The van der Waals surface area contributed by atoms with Crippen LogP contribution < -0.4 is 9.80 Å². The third kappa shape index (κ3) is 5.78. The molecular weight excluding hydrogens is 701 g/mol. The zero-order valence-corrected chi connectivity index (χ0v) is 34.3. The van der Waals surface area contributed by atoms with E-state index < -0.39 is 5.41 Å². The molecule has 2 aliphatic carbocycles. The van der Waals surface area contributed by atoms with E-state index >= 15 is 0 Å². The van der Waals surface area contributed by atoms with Crippen molar-refractivity contribution in [2.45, 2.75) is 46.5 Å². The van der Waals surface area contributed by atoms with Gasteiger partial charge in [0.15, 0.2) is 0 Å². The van der Waals surface area contributed by atoms with E-state index in [4.69, 9.17) is 0 Å². The number of anilines is 5. The Labute approximate surface area is 343 Å². The number of hydrogen-bond donors (Lipinski definition) is 0. The van der Waals surface area contributed by atoms with E-state index in [9.17, 15) is 0 Å². The fraction of sp³-hybridized carbons (Fsp3) is 0.143. The molecule has 0 N–H and O–H groups in total. The number of fused-ring (bicyclic) bond motifs is 10. The summed E-state index contributed by atoms with van der Waals surface area (Å²) in [5.41, 5.74) is 24.8. The highest BCUT2D eigenvalue weighted by Gasteiger charge is 2.52. The standard InChI is InChI=1S/C56H48N2/c1-36-7-16-41(17-8-36)32-42-18-28-49-48-27-15-40(5)31-52(48)56(53(49)33-42)54-34-46(57(6)43-19-9-37(2)10-20-43)25-29-50(54)51-30-26-47(35-55(51)56)58(44-21-11-38(3)12-22-44)45-23-13-39(4)14-24-45/h7-31,33-35H,32H2,1-6H3. The van der Waals surface area contributed by atoms with E-state index in [1.165, 1.54) is 94.8 Å². The molecule has 0 bridgehead atoms. The Morgan fingerprint density at radius 3 is 1.24 bits per heavy atom. The summed E-state index contributed by atoms with van der Waals surface area (Å²) in [5.74, 6) is 0. The second kappa shape index (κ2) is 13.8. The van der Waals surface area contributed by atoms with Gasteiger partial charge in [0.1, 0.15) is 0 Å². The van der Waals surface area contributed by atoms with Crippen molar-refractivity contribution in [2.24, 2.45) is 0 Å².